The van der Waals surface area contributed by atoms with Crippen molar-refractivity contribution in [1.29, 1.82) is 0 Å². The van der Waals surface area contributed by atoms with Gasteiger partial charge in [0.15, 0.2) is 5.69 Å². The van der Waals surface area contributed by atoms with E-state index in [-0.39, 0.29) is 42.2 Å². The largest absolute Gasteiger partial charge is 0.467 e. The first-order valence-corrected chi connectivity index (χ1v) is 12.1. The second kappa shape index (κ2) is 10.6. The fourth-order valence-electron chi connectivity index (χ4n) is 4.45. The van der Waals surface area contributed by atoms with Crippen LogP contribution in [-0.4, -0.2) is 73.2 Å². The average Bonchev–Trinajstić information content (AvgIpc) is 3.49. The molecule has 1 aromatic carbocycles. The van der Waals surface area contributed by atoms with Gasteiger partial charge in [-0.15, -0.1) is 0 Å². The molecule has 3 aromatic heterocycles. The predicted molar refractivity (Wildman–Crippen MR) is 139 cm³/mol. The number of alkyl halides is 1. The molecule has 39 heavy (non-hydrogen) atoms. The molecular formula is C25H22ClFN8O4. The Labute approximate surface area is 225 Å². The minimum absolute atomic E-state index is 0.0415. The quantitative estimate of drug-likeness (QED) is 0.330. The van der Waals surface area contributed by atoms with Gasteiger partial charge in [0.2, 0.25) is 11.8 Å². The molecule has 0 aliphatic carbocycles. The molecule has 3 amide bonds. The fourth-order valence-corrected chi connectivity index (χ4v) is 4.61. The fraction of sp³-hybridized carbons (Fsp3) is 0.240. The molecule has 1 aliphatic heterocycles. The van der Waals surface area contributed by atoms with E-state index >= 15 is 0 Å². The highest BCUT2D eigenvalue weighted by atomic mass is 35.5. The van der Waals surface area contributed by atoms with Gasteiger partial charge in [-0.2, -0.15) is 5.10 Å². The standard InChI is InChI=1S/C25H22ClFN8O4/c1-39-25-29-9-14(10-30-25)13-5-6-17-16(7-13)22(23(28)37)33-35(17)12-21(36)34-11-15(27)8-18(34)24(38)32-20-4-2-3-19(26)31-20/h2-7,9-10,15,18H,8,11-12H2,1H3,(H2,28,37)(H,31,32,38)/t15-,18+/m1/s1. The monoisotopic (exact) mass is 552 g/mol. The van der Waals surface area contributed by atoms with Crippen molar-refractivity contribution in [3.63, 3.8) is 0 Å². The molecule has 4 aromatic rings. The molecule has 14 heteroatoms. The van der Waals surface area contributed by atoms with Crippen molar-refractivity contribution in [1.82, 2.24) is 29.6 Å². The Morgan fingerprint density at radius 2 is 1.95 bits per heavy atom. The van der Waals surface area contributed by atoms with E-state index in [4.69, 9.17) is 22.1 Å². The van der Waals surface area contributed by atoms with Crippen molar-refractivity contribution in [2.24, 2.45) is 5.73 Å². The van der Waals surface area contributed by atoms with E-state index in [0.717, 1.165) is 4.90 Å². The van der Waals surface area contributed by atoms with Gasteiger partial charge in [0.05, 0.1) is 19.2 Å². The van der Waals surface area contributed by atoms with Crippen LogP contribution in [0.3, 0.4) is 0 Å². The maximum atomic E-state index is 14.4. The van der Waals surface area contributed by atoms with Crippen molar-refractivity contribution < 1.29 is 23.5 Å². The van der Waals surface area contributed by atoms with Gasteiger partial charge < -0.3 is 20.7 Å². The van der Waals surface area contributed by atoms with Crippen LogP contribution in [0, 0.1) is 0 Å². The van der Waals surface area contributed by atoms with Gasteiger partial charge in [0.25, 0.3) is 5.91 Å². The first kappa shape index (κ1) is 26.0. The molecule has 200 valence electrons. The highest BCUT2D eigenvalue weighted by molar-refractivity contribution is 6.29. The van der Waals surface area contributed by atoms with Crippen molar-refractivity contribution in [2.45, 2.75) is 25.2 Å². The molecular weight excluding hydrogens is 531 g/mol. The molecule has 1 saturated heterocycles. The number of carbonyl (C=O) groups excluding carboxylic acids is 3. The number of aromatic nitrogens is 5. The maximum Gasteiger partial charge on any atom is 0.316 e. The normalized spacial score (nSPS) is 16.8. The number of rotatable bonds is 7. The number of amides is 3. The third-order valence-electron chi connectivity index (χ3n) is 6.25. The molecule has 0 unspecified atom stereocenters. The average molecular weight is 553 g/mol. The summed E-state index contributed by atoms with van der Waals surface area (Å²) in [5.74, 6) is -1.75. The van der Waals surface area contributed by atoms with Crippen LogP contribution >= 0.6 is 11.6 Å². The SMILES string of the molecule is COc1ncc(-c2ccc3c(c2)c(C(N)=O)nn3CC(=O)N2C[C@H](F)C[C@H]2C(=O)Nc2cccc(Cl)n2)cn1. The second-order valence-corrected chi connectivity index (χ2v) is 9.18. The molecule has 1 fully saturated rings. The van der Waals surface area contributed by atoms with E-state index in [1.54, 1.807) is 42.7 Å². The van der Waals surface area contributed by atoms with E-state index in [1.165, 1.54) is 17.9 Å². The summed E-state index contributed by atoms with van der Waals surface area (Å²) in [4.78, 5) is 51.7. The van der Waals surface area contributed by atoms with Gasteiger partial charge in [-0.25, -0.2) is 19.3 Å². The lowest BCUT2D eigenvalue weighted by Gasteiger charge is -2.23. The number of pyridine rings is 1. The number of benzene rings is 1. The van der Waals surface area contributed by atoms with Gasteiger partial charge in [-0.3, -0.25) is 19.1 Å². The van der Waals surface area contributed by atoms with E-state index in [0.29, 0.717) is 22.0 Å². The van der Waals surface area contributed by atoms with E-state index in [2.05, 4.69) is 25.4 Å². The molecule has 2 atom stereocenters. The number of primary amides is 1. The summed E-state index contributed by atoms with van der Waals surface area (Å²) in [5.41, 5.74) is 7.32. The number of hydrogen-bond acceptors (Lipinski definition) is 8. The van der Waals surface area contributed by atoms with Crippen molar-refractivity contribution >= 4 is 46.0 Å². The lowest BCUT2D eigenvalue weighted by Crippen LogP contribution is -2.44. The summed E-state index contributed by atoms with van der Waals surface area (Å²) in [6, 6.07) is 8.95. The molecule has 0 bridgehead atoms. The van der Waals surface area contributed by atoms with Crippen LogP contribution in [0.2, 0.25) is 5.15 Å². The Morgan fingerprint density at radius 1 is 1.18 bits per heavy atom. The Balaban J connectivity index is 1.40. The van der Waals surface area contributed by atoms with Crippen LogP contribution in [-0.2, 0) is 16.1 Å². The highest BCUT2D eigenvalue weighted by Gasteiger charge is 2.40. The number of nitrogens with two attached hydrogens (primary N) is 1. The van der Waals surface area contributed by atoms with Crippen LogP contribution in [0.4, 0.5) is 10.2 Å². The number of ether oxygens (including phenoxy) is 1. The third-order valence-corrected chi connectivity index (χ3v) is 6.46. The number of anilines is 1. The zero-order valence-electron chi connectivity index (χ0n) is 20.5. The van der Waals surface area contributed by atoms with Gasteiger partial charge in [-0.05, 0) is 29.8 Å². The number of carbonyl (C=O) groups is 3. The van der Waals surface area contributed by atoms with Gasteiger partial charge >= 0.3 is 6.01 Å². The lowest BCUT2D eigenvalue weighted by molar-refractivity contribution is -0.137. The number of fused-ring (bicyclic) bond motifs is 1. The zero-order chi connectivity index (χ0) is 27.7. The molecule has 0 saturated carbocycles. The second-order valence-electron chi connectivity index (χ2n) is 8.79. The molecule has 0 radical (unpaired) electrons. The highest BCUT2D eigenvalue weighted by Crippen LogP contribution is 2.28. The summed E-state index contributed by atoms with van der Waals surface area (Å²) in [7, 11) is 1.46. The Kier molecular flexibility index (Phi) is 7.07. The Hall–Kier alpha value is -4.65. The molecule has 3 N–H and O–H groups in total. The van der Waals surface area contributed by atoms with Gasteiger partial charge in [0.1, 0.15) is 29.7 Å². The van der Waals surface area contributed by atoms with Crippen molar-refractivity contribution in [3.05, 3.63) is 59.6 Å². The number of halogens is 2. The van der Waals surface area contributed by atoms with E-state index in [1.807, 2.05) is 0 Å². The zero-order valence-corrected chi connectivity index (χ0v) is 21.3. The smallest absolute Gasteiger partial charge is 0.316 e. The first-order valence-electron chi connectivity index (χ1n) is 11.8. The minimum atomic E-state index is -1.39. The van der Waals surface area contributed by atoms with Crippen LogP contribution in [0.5, 0.6) is 6.01 Å². The van der Waals surface area contributed by atoms with E-state index in [9.17, 15) is 18.8 Å². The number of methoxy groups -OCH3 is 1. The van der Waals surface area contributed by atoms with Crippen LogP contribution in [0.15, 0.2) is 48.8 Å². The van der Waals surface area contributed by atoms with Crippen molar-refractivity contribution in [2.75, 3.05) is 19.0 Å². The first-order chi connectivity index (χ1) is 18.7. The predicted octanol–water partition coefficient (Wildman–Crippen LogP) is 2.23. The topological polar surface area (TPSA) is 158 Å². The van der Waals surface area contributed by atoms with Gasteiger partial charge in [0, 0.05) is 29.8 Å². The number of nitrogens with one attached hydrogen (secondary N) is 1. The molecule has 0 spiro atoms. The molecule has 5 rings (SSSR count). The van der Waals surface area contributed by atoms with Crippen molar-refractivity contribution in [3.8, 4) is 17.1 Å². The minimum Gasteiger partial charge on any atom is -0.467 e. The Bertz CT molecular complexity index is 1580. The van der Waals surface area contributed by atoms with Crippen LogP contribution < -0.4 is 15.8 Å². The summed E-state index contributed by atoms with van der Waals surface area (Å²) in [6.45, 7) is -0.607. The van der Waals surface area contributed by atoms with Gasteiger partial charge in [-0.1, -0.05) is 23.7 Å². The maximum absolute atomic E-state index is 14.4. The molecule has 1 aliphatic rings. The van der Waals surface area contributed by atoms with Crippen LogP contribution in [0.25, 0.3) is 22.0 Å². The lowest BCUT2D eigenvalue weighted by atomic mass is 10.1. The molecule has 4 heterocycles. The number of hydrogen-bond donors (Lipinski definition) is 2. The summed E-state index contributed by atoms with van der Waals surface area (Å²) >= 11 is 5.87. The Morgan fingerprint density at radius 3 is 2.64 bits per heavy atom. The third kappa shape index (κ3) is 5.34. The number of likely N-dealkylation sites (tertiary alicyclic amines) is 1. The summed E-state index contributed by atoms with van der Waals surface area (Å²) < 4.78 is 20.7. The van der Waals surface area contributed by atoms with Crippen LogP contribution in [0.1, 0.15) is 16.9 Å². The number of nitrogens with zero attached hydrogens (tertiary/aromatic N) is 6. The molecule has 12 nitrogen and oxygen atoms in total. The van der Waals surface area contributed by atoms with E-state index < -0.39 is 29.9 Å². The summed E-state index contributed by atoms with van der Waals surface area (Å²) in [6.07, 6.45) is 1.57. The summed E-state index contributed by atoms with van der Waals surface area (Å²) in [5, 5.41) is 7.41.